The van der Waals surface area contributed by atoms with Crippen molar-refractivity contribution in [2.45, 2.75) is 217 Å². The van der Waals surface area contributed by atoms with Crippen LogP contribution < -0.4 is 0 Å². The Kier molecular flexibility index (Phi) is 16.1. The molecule has 0 aromatic rings. The molecular formula is C52H82O21. The van der Waals surface area contributed by atoms with Crippen molar-refractivity contribution in [1.82, 2.24) is 0 Å². The van der Waals surface area contributed by atoms with Gasteiger partial charge in [0.15, 0.2) is 12.6 Å². The molecule has 3 heterocycles. The Morgan fingerprint density at radius 3 is 1.99 bits per heavy atom. The smallest absolute Gasteiger partial charge is 0.317 e. The second-order valence-corrected chi connectivity index (χ2v) is 24.5. The first-order valence-electron chi connectivity index (χ1n) is 26.2. The highest BCUT2D eigenvalue weighted by atomic mass is 16.8. The van der Waals surface area contributed by atoms with E-state index in [1.54, 1.807) is 0 Å². The van der Waals surface area contributed by atoms with E-state index in [0.29, 0.717) is 38.5 Å². The Morgan fingerprint density at radius 1 is 0.671 bits per heavy atom. The fourth-order valence-electron chi connectivity index (χ4n) is 15.4. The van der Waals surface area contributed by atoms with Gasteiger partial charge in [0.05, 0.1) is 38.4 Å². The molecular weight excluding hydrogens is 961 g/mol. The molecule has 416 valence electrons. The van der Waals surface area contributed by atoms with Gasteiger partial charge in [-0.15, -0.1) is 0 Å². The average Bonchev–Trinajstić information content (AvgIpc) is 3.34. The van der Waals surface area contributed by atoms with E-state index in [1.807, 2.05) is 6.92 Å². The van der Waals surface area contributed by atoms with Gasteiger partial charge in [-0.1, -0.05) is 53.2 Å². The maximum Gasteiger partial charge on any atom is 0.317 e. The zero-order valence-electron chi connectivity index (χ0n) is 43.4. The minimum atomic E-state index is -1.87. The summed E-state index contributed by atoms with van der Waals surface area (Å²) < 4.78 is 45.4. The second kappa shape index (κ2) is 20.7. The number of esters is 3. The maximum absolute atomic E-state index is 15.1. The van der Waals surface area contributed by atoms with Crippen LogP contribution in [0.25, 0.3) is 0 Å². The molecule has 21 nitrogen and oxygen atoms in total. The number of ether oxygens (including phenoxy) is 8. The Balaban J connectivity index is 0.974. The molecule has 0 aromatic heterocycles. The number of methoxy groups -OCH3 is 1. The van der Waals surface area contributed by atoms with Gasteiger partial charge < -0.3 is 89.0 Å². The van der Waals surface area contributed by atoms with Crippen molar-refractivity contribution in [1.29, 1.82) is 0 Å². The average molecular weight is 1040 g/mol. The van der Waals surface area contributed by atoms with Crippen LogP contribution in [0, 0.1) is 50.2 Å². The summed E-state index contributed by atoms with van der Waals surface area (Å²) in [6, 6.07) is 0. The van der Waals surface area contributed by atoms with Crippen LogP contribution in [-0.2, 0) is 52.3 Å². The van der Waals surface area contributed by atoms with Crippen molar-refractivity contribution in [3.05, 3.63) is 11.6 Å². The summed E-state index contributed by atoms with van der Waals surface area (Å²) in [4.78, 5) is 39.9. The van der Waals surface area contributed by atoms with Gasteiger partial charge in [-0.2, -0.15) is 0 Å². The molecule has 10 N–H and O–H groups in total. The van der Waals surface area contributed by atoms with Gasteiger partial charge in [0, 0.05) is 5.41 Å². The highest BCUT2D eigenvalue weighted by Gasteiger charge is 2.70. The summed E-state index contributed by atoms with van der Waals surface area (Å²) in [6.07, 6.45) is -16.6. The van der Waals surface area contributed by atoms with Crippen molar-refractivity contribution in [2.75, 3.05) is 26.9 Å². The number of fused-ring (bicyclic) bond motifs is 7. The van der Waals surface area contributed by atoms with Gasteiger partial charge in [-0.25, -0.2) is 0 Å². The van der Waals surface area contributed by atoms with E-state index >= 15 is 4.79 Å². The summed E-state index contributed by atoms with van der Waals surface area (Å²) in [7, 11) is 1.22. The van der Waals surface area contributed by atoms with Gasteiger partial charge in [0.25, 0.3) is 0 Å². The predicted molar refractivity (Wildman–Crippen MR) is 251 cm³/mol. The van der Waals surface area contributed by atoms with E-state index in [-0.39, 0.29) is 46.0 Å². The topological polar surface area (TPSA) is 327 Å². The summed E-state index contributed by atoms with van der Waals surface area (Å²) in [5, 5.41) is 108. The highest BCUT2D eigenvalue weighted by Crippen LogP contribution is 2.76. The fraction of sp³-hybridized carbons (Fsp3) is 0.904. The first-order chi connectivity index (χ1) is 34.2. The fourth-order valence-corrected chi connectivity index (χ4v) is 15.4. The molecule has 73 heavy (non-hydrogen) atoms. The number of rotatable bonds is 12. The van der Waals surface area contributed by atoms with Crippen molar-refractivity contribution < 1.29 is 103 Å². The quantitative estimate of drug-likeness (QED) is 0.0542. The van der Waals surface area contributed by atoms with Crippen molar-refractivity contribution >= 4 is 17.9 Å². The molecule has 7 fully saturated rings. The number of carbonyl (C=O) groups is 3. The summed E-state index contributed by atoms with van der Waals surface area (Å²) in [5.74, 6) is -2.00. The molecule has 0 unspecified atom stereocenters. The second-order valence-electron chi connectivity index (χ2n) is 24.5. The predicted octanol–water partition coefficient (Wildman–Crippen LogP) is 0.255. The first-order valence-corrected chi connectivity index (χ1v) is 26.2. The number of aliphatic hydroxyl groups excluding tert-OH is 10. The number of carbonyl (C=O) groups excluding carboxylic acids is 3. The third-order valence-electron chi connectivity index (χ3n) is 20.2. The van der Waals surface area contributed by atoms with E-state index in [1.165, 1.54) is 19.6 Å². The van der Waals surface area contributed by atoms with E-state index in [0.717, 1.165) is 25.7 Å². The van der Waals surface area contributed by atoms with Crippen LogP contribution in [0.5, 0.6) is 0 Å². The van der Waals surface area contributed by atoms with Gasteiger partial charge in [-0.05, 0) is 111 Å². The number of aliphatic hydroxyl groups is 10. The molecule has 5 aliphatic carbocycles. The molecule has 8 aliphatic rings. The zero-order chi connectivity index (χ0) is 53.5. The summed E-state index contributed by atoms with van der Waals surface area (Å²) >= 11 is 0. The van der Waals surface area contributed by atoms with E-state index in [2.05, 4.69) is 40.7 Å². The number of hydrogen-bond donors (Lipinski definition) is 10. The van der Waals surface area contributed by atoms with Gasteiger partial charge >= 0.3 is 17.9 Å². The van der Waals surface area contributed by atoms with Crippen molar-refractivity contribution in [2.24, 2.45) is 50.2 Å². The molecule has 0 bridgehead atoms. The molecule has 8 rings (SSSR count). The van der Waals surface area contributed by atoms with Crippen LogP contribution in [-0.4, -0.2) is 194 Å². The monoisotopic (exact) mass is 1040 g/mol. The minimum Gasteiger partial charge on any atom is -0.469 e. The highest BCUT2D eigenvalue weighted by molar-refractivity contribution is 5.91. The molecule has 0 aromatic carbocycles. The standard InChI is InChI=1S/C52H82O21/c1-24-34(57)36(59)39(62)44(68-24)72-42-27(21-53)69-43(41(64)38(42)61)67-22-28-35(58)37(60)40(63)45(70-28)73-46(65)52-17-15-47(2,3)20-26(52)25-9-10-30-48(4)13-12-31(71-33(56)19-32(55)66-8)49(5,23-54)29(48)11-14-51(30,7)50(25,6)16-18-52/h9,24,26-31,34-45,53-54,57-64H,10-23H2,1-8H3/t24-,26+,27+,28+,29+,30+,31-,34-,35+,36+,37-,38+,39+,40+,41+,42+,43+,44-,45-,48-,49-,50+,51+,52-/m0/s1. The summed E-state index contributed by atoms with van der Waals surface area (Å²) in [6.45, 7) is 13.3. The third kappa shape index (κ3) is 9.52. The van der Waals surface area contributed by atoms with Gasteiger partial charge in [0.1, 0.15) is 79.7 Å². The molecule has 24 atom stereocenters. The van der Waals surface area contributed by atoms with E-state index in [4.69, 9.17) is 37.9 Å². The Bertz CT molecular complexity index is 2050. The van der Waals surface area contributed by atoms with Crippen LogP contribution in [0.2, 0.25) is 0 Å². The van der Waals surface area contributed by atoms with Gasteiger partial charge in [-0.3, -0.25) is 14.4 Å². The maximum atomic E-state index is 15.1. The zero-order valence-corrected chi connectivity index (χ0v) is 43.4. The molecule has 4 saturated carbocycles. The Morgan fingerprint density at radius 2 is 1.32 bits per heavy atom. The van der Waals surface area contributed by atoms with Crippen LogP contribution in [0.4, 0.5) is 0 Å². The normalized spacial score (nSPS) is 50.4. The van der Waals surface area contributed by atoms with E-state index in [9.17, 15) is 60.7 Å². The van der Waals surface area contributed by atoms with Crippen LogP contribution in [0.3, 0.4) is 0 Å². The molecule has 0 radical (unpaired) electrons. The Labute approximate surface area is 426 Å². The lowest BCUT2D eigenvalue weighted by atomic mass is 9.33. The third-order valence-corrected chi connectivity index (χ3v) is 20.2. The molecule has 3 saturated heterocycles. The van der Waals surface area contributed by atoms with Crippen LogP contribution >= 0.6 is 0 Å². The molecule has 3 aliphatic heterocycles. The lowest BCUT2D eigenvalue weighted by Crippen LogP contribution is -2.66. The number of hydrogen-bond acceptors (Lipinski definition) is 21. The van der Waals surface area contributed by atoms with Crippen LogP contribution in [0.15, 0.2) is 11.6 Å². The van der Waals surface area contributed by atoms with E-state index < -0.39 is 147 Å². The molecule has 0 amide bonds. The largest absolute Gasteiger partial charge is 0.469 e. The Hall–Kier alpha value is -2.45. The van der Waals surface area contributed by atoms with Crippen molar-refractivity contribution in [3.63, 3.8) is 0 Å². The number of allylic oxidation sites excluding steroid dienone is 2. The van der Waals surface area contributed by atoms with Crippen LogP contribution in [0.1, 0.15) is 119 Å². The lowest BCUT2D eigenvalue weighted by Gasteiger charge is -2.71. The summed E-state index contributed by atoms with van der Waals surface area (Å²) in [5.41, 5.74) is -1.52. The minimum absolute atomic E-state index is 0.00845. The lowest BCUT2D eigenvalue weighted by molar-refractivity contribution is -0.361. The van der Waals surface area contributed by atoms with Gasteiger partial charge in [0.2, 0.25) is 6.29 Å². The molecule has 0 spiro atoms. The van der Waals surface area contributed by atoms with Crippen molar-refractivity contribution in [3.8, 4) is 0 Å². The first kappa shape index (κ1) is 56.7. The molecule has 21 heteroatoms. The SMILES string of the molecule is COC(=O)CC(=O)O[C@H]1CC[C@@]2(C)[C@@H](CC[C@]3(C)[C@@H]2CC=C2[C@H]4CC(C)(C)CC[C@]4(C(=O)O[C@@H]4O[C@H](CO[C@@H]5O[C@H](CO)[C@@H](O[C@@H]6O[C@@H](C)[C@H](O)[C@@H](O)[C@H]6O)[C@H](O)[C@H]5O)[C@@H](O)[C@H](O)[C@H]4O)CC[C@]23C)[C@]1(C)CO.